The zero-order valence-electron chi connectivity index (χ0n) is 10.3. The quantitative estimate of drug-likeness (QED) is 0.814. The van der Waals surface area contributed by atoms with E-state index in [2.05, 4.69) is 20.7 Å². The molecule has 0 aromatic heterocycles. The van der Waals surface area contributed by atoms with Gasteiger partial charge in [-0.15, -0.1) is 0 Å². The number of alkyl halides is 1. The third-order valence-corrected chi connectivity index (χ3v) is 5.96. The van der Waals surface area contributed by atoms with Gasteiger partial charge in [0.25, 0.3) is 0 Å². The van der Waals surface area contributed by atoms with Gasteiger partial charge in [0, 0.05) is 10.9 Å². The number of halogens is 1. The number of hydrogen-bond acceptors (Lipinski definition) is 2. The van der Waals surface area contributed by atoms with Crippen LogP contribution in [-0.4, -0.2) is 24.5 Å². The standard InChI is InChI=1S/C11H22BrNO2S/c1-11(2,3)13-16(14,15)10-6-4-5-9(7-10)8-12/h9-10,13H,4-8H2,1-3H3. The SMILES string of the molecule is CC(C)(C)NS(=O)(=O)C1CCCC(CBr)C1. The van der Waals surface area contributed by atoms with Crippen molar-refractivity contribution in [2.75, 3.05) is 5.33 Å². The van der Waals surface area contributed by atoms with Crippen LogP contribution in [-0.2, 0) is 10.0 Å². The molecule has 2 unspecified atom stereocenters. The fourth-order valence-electron chi connectivity index (χ4n) is 2.17. The maximum absolute atomic E-state index is 12.1. The molecule has 0 aliphatic heterocycles. The Hall–Kier alpha value is 0.390. The smallest absolute Gasteiger partial charge is 0.212 e. The average Bonchev–Trinajstić information content (AvgIpc) is 2.14. The van der Waals surface area contributed by atoms with Crippen LogP contribution in [0.1, 0.15) is 46.5 Å². The van der Waals surface area contributed by atoms with E-state index in [0.717, 1.165) is 31.0 Å². The number of hydrogen-bond donors (Lipinski definition) is 1. The summed E-state index contributed by atoms with van der Waals surface area (Å²) in [5, 5.41) is 0.706. The summed E-state index contributed by atoms with van der Waals surface area (Å²) in [5.41, 5.74) is -0.375. The van der Waals surface area contributed by atoms with Crippen molar-refractivity contribution >= 4 is 26.0 Å². The van der Waals surface area contributed by atoms with Gasteiger partial charge in [0.1, 0.15) is 0 Å². The fraction of sp³-hybridized carbons (Fsp3) is 1.00. The Labute approximate surface area is 108 Å². The highest BCUT2D eigenvalue weighted by Crippen LogP contribution is 2.30. The zero-order valence-corrected chi connectivity index (χ0v) is 12.7. The molecule has 0 radical (unpaired) electrons. The van der Waals surface area contributed by atoms with Crippen LogP contribution in [0.2, 0.25) is 0 Å². The Morgan fingerprint density at radius 1 is 1.31 bits per heavy atom. The van der Waals surface area contributed by atoms with Crippen LogP contribution in [0.25, 0.3) is 0 Å². The van der Waals surface area contributed by atoms with Gasteiger partial charge in [-0.25, -0.2) is 13.1 Å². The minimum Gasteiger partial charge on any atom is -0.212 e. The molecule has 0 amide bonds. The second kappa shape index (κ2) is 5.36. The molecule has 0 saturated heterocycles. The summed E-state index contributed by atoms with van der Waals surface area (Å²) in [5.74, 6) is 0.510. The highest BCUT2D eigenvalue weighted by Gasteiger charge is 2.33. The fourth-order valence-corrected chi connectivity index (χ4v) is 4.78. The average molecular weight is 312 g/mol. The van der Waals surface area contributed by atoms with Crippen molar-refractivity contribution in [3.8, 4) is 0 Å². The van der Waals surface area contributed by atoms with Crippen LogP contribution in [0, 0.1) is 5.92 Å². The summed E-state index contributed by atoms with van der Waals surface area (Å²) < 4.78 is 27.0. The van der Waals surface area contributed by atoms with Gasteiger partial charge in [0.05, 0.1) is 5.25 Å². The molecule has 1 rings (SSSR count). The van der Waals surface area contributed by atoms with E-state index in [-0.39, 0.29) is 10.8 Å². The van der Waals surface area contributed by atoms with Gasteiger partial charge in [0.15, 0.2) is 0 Å². The first-order valence-corrected chi connectivity index (χ1v) is 8.50. The van der Waals surface area contributed by atoms with E-state index >= 15 is 0 Å². The summed E-state index contributed by atoms with van der Waals surface area (Å²) in [7, 11) is -3.15. The molecule has 0 aromatic carbocycles. The number of sulfonamides is 1. The Morgan fingerprint density at radius 3 is 2.44 bits per heavy atom. The van der Waals surface area contributed by atoms with Crippen molar-refractivity contribution in [3.63, 3.8) is 0 Å². The Morgan fingerprint density at radius 2 is 1.94 bits per heavy atom. The minimum absolute atomic E-state index is 0.206. The zero-order chi connectivity index (χ0) is 12.4. The summed E-state index contributed by atoms with van der Waals surface area (Å²) in [6, 6.07) is 0. The first-order chi connectivity index (χ1) is 7.24. The van der Waals surface area contributed by atoms with Gasteiger partial charge in [-0.2, -0.15) is 0 Å². The maximum atomic E-state index is 12.1. The maximum Gasteiger partial charge on any atom is 0.214 e. The third kappa shape index (κ3) is 4.34. The first kappa shape index (κ1) is 14.5. The largest absolute Gasteiger partial charge is 0.214 e. The van der Waals surface area contributed by atoms with Gasteiger partial charge in [-0.05, 0) is 46.0 Å². The number of nitrogens with one attached hydrogen (secondary N) is 1. The van der Waals surface area contributed by atoms with Gasteiger partial charge in [0.2, 0.25) is 10.0 Å². The van der Waals surface area contributed by atoms with Gasteiger partial charge >= 0.3 is 0 Å². The van der Waals surface area contributed by atoms with Crippen LogP contribution in [0.4, 0.5) is 0 Å². The molecule has 1 aliphatic rings. The van der Waals surface area contributed by atoms with Crippen molar-refractivity contribution in [1.82, 2.24) is 4.72 Å². The second-order valence-electron chi connectivity index (χ2n) is 5.71. The molecule has 16 heavy (non-hydrogen) atoms. The summed E-state index contributed by atoms with van der Waals surface area (Å²) in [6.45, 7) is 5.65. The van der Waals surface area contributed by atoms with Crippen molar-refractivity contribution in [2.45, 2.75) is 57.2 Å². The molecule has 1 aliphatic carbocycles. The molecule has 96 valence electrons. The molecule has 1 saturated carbocycles. The van der Waals surface area contributed by atoms with Crippen LogP contribution in [0.3, 0.4) is 0 Å². The van der Waals surface area contributed by atoms with E-state index in [1.165, 1.54) is 0 Å². The lowest BCUT2D eigenvalue weighted by Crippen LogP contribution is -2.46. The third-order valence-electron chi connectivity index (χ3n) is 2.84. The molecule has 1 fully saturated rings. The van der Waals surface area contributed by atoms with Crippen LogP contribution < -0.4 is 4.72 Å². The molecule has 0 aromatic rings. The van der Waals surface area contributed by atoms with Crippen molar-refractivity contribution in [2.24, 2.45) is 5.92 Å². The van der Waals surface area contributed by atoms with Crippen molar-refractivity contribution in [3.05, 3.63) is 0 Å². The van der Waals surface area contributed by atoms with E-state index < -0.39 is 10.0 Å². The molecule has 0 spiro atoms. The molecular weight excluding hydrogens is 290 g/mol. The van der Waals surface area contributed by atoms with Crippen LogP contribution in [0.15, 0.2) is 0 Å². The van der Waals surface area contributed by atoms with Crippen LogP contribution >= 0.6 is 15.9 Å². The predicted octanol–water partition coefficient (Wildman–Crippen LogP) is 2.66. The van der Waals surface area contributed by atoms with Gasteiger partial charge in [-0.3, -0.25) is 0 Å². The van der Waals surface area contributed by atoms with E-state index in [1.54, 1.807) is 0 Å². The minimum atomic E-state index is -3.15. The normalized spacial score (nSPS) is 28.0. The van der Waals surface area contributed by atoms with E-state index in [9.17, 15) is 8.42 Å². The lowest BCUT2D eigenvalue weighted by Gasteiger charge is -2.30. The molecule has 5 heteroatoms. The lowest BCUT2D eigenvalue weighted by molar-refractivity contribution is 0.380. The summed E-state index contributed by atoms with van der Waals surface area (Å²) in [4.78, 5) is 0. The summed E-state index contributed by atoms with van der Waals surface area (Å²) >= 11 is 3.45. The van der Waals surface area contributed by atoms with E-state index in [1.807, 2.05) is 20.8 Å². The van der Waals surface area contributed by atoms with E-state index in [4.69, 9.17) is 0 Å². The molecule has 0 bridgehead atoms. The highest BCUT2D eigenvalue weighted by molar-refractivity contribution is 9.09. The number of rotatable bonds is 3. The highest BCUT2D eigenvalue weighted by atomic mass is 79.9. The second-order valence-corrected chi connectivity index (χ2v) is 8.31. The molecule has 3 nitrogen and oxygen atoms in total. The molecule has 2 atom stereocenters. The lowest BCUT2D eigenvalue weighted by atomic mass is 9.90. The van der Waals surface area contributed by atoms with Gasteiger partial charge in [-0.1, -0.05) is 22.4 Å². The van der Waals surface area contributed by atoms with Crippen molar-refractivity contribution in [1.29, 1.82) is 0 Å². The first-order valence-electron chi connectivity index (χ1n) is 5.83. The topological polar surface area (TPSA) is 46.2 Å². The predicted molar refractivity (Wildman–Crippen MR) is 71.3 cm³/mol. The van der Waals surface area contributed by atoms with E-state index in [0.29, 0.717) is 5.92 Å². The van der Waals surface area contributed by atoms with Crippen LogP contribution in [0.5, 0.6) is 0 Å². The van der Waals surface area contributed by atoms with Crippen molar-refractivity contribution < 1.29 is 8.42 Å². The van der Waals surface area contributed by atoms with Gasteiger partial charge < -0.3 is 0 Å². The Bertz CT molecular complexity index is 321. The Kier molecular flexibility index (Phi) is 4.84. The molecular formula is C11H22BrNO2S. The summed E-state index contributed by atoms with van der Waals surface area (Å²) in [6.07, 6.45) is 3.75. The Balaban J connectivity index is 2.68. The monoisotopic (exact) mass is 311 g/mol. The molecule has 1 N–H and O–H groups in total. The molecule has 0 heterocycles.